The zero-order valence-electron chi connectivity index (χ0n) is 12.6. The van der Waals surface area contributed by atoms with Crippen LogP contribution < -0.4 is 5.56 Å². The second kappa shape index (κ2) is 9.66. The van der Waals surface area contributed by atoms with Gasteiger partial charge in [-0.25, -0.2) is 14.6 Å². The standard InChI is InChI=1S/C10H12N4O.C2H5N.C2H6/c1-3-5-14-10(15)7-6-11-8(4-2)12-9(7)13-14;1-2-3;1-2/h3,6H,1,4-5H2,2H3,(H,11,12,13);2-3H,1H3;1-2H3. The van der Waals surface area contributed by atoms with Gasteiger partial charge in [-0.05, 0) is 13.1 Å². The van der Waals surface area contributed by atoms with Crippen molar-refractivity contribution in [3.05, 3.63) is 35.0 Å². The minimum absolute atomic E-state index is 0.104. The van der Waals surface area contributed by atoms with Crippen LogP contribution in [-0.2, 0) is 13.0 Å². The molecule has 0 spiro atoms. The molecule has 2 heterocycles. The highest BCUT2D eigenvalue weighted by Gasteiger charge is 2.07. The van der Waals surface area contributed by atoms with Crippen molar-refractivity contribution in [3.63, 3.8) is 0 Å². The number of nitrogens with zero attached hydrogens (tertiary/aromatic N) is 3. The Morgan fingerprint density at radius 2 is 2.10 bits per heavy atom. The lowest BCUT2D eigenvalue weighted by Gasteiger charge is -1.93. The molecule has 20 heavy (non-hydrogen) atoms. The van der Waals surface area contributed by atoms with Gasteiger partial charge in [0.2, 0.25) is 0 Å². The number of aromatic nitrogens is 4. The van der Waals surface area contributed by atoms with E-state index >= 15 is 0 Å². The van der Waals surface area contributed by atoms with E-state index < -0.39 is 0 Å². The minimum Gasteiger partial charge on any atom is -0.313 e. The summed E-state index contributed by atoms with van der Waals surface area (Å²) >= 11 is 0. The molecular formula is C14H23N5O. The van der Waals surface area contributed by atoms with Crippen LogP contribution >= 0.6 is 0 Å². The summed E-state index contributed by atoms with van der Waals surface area (Å²) in [5, 5.41) is 9.53. The predicted molar refractivity (Wildman–Crippen MR) is 83.5 cm³/mol. The number of H-pyrrole nitrogens is 1. The highest BCUT2D eigenvalue weighted by Crippen LogP contribution is 2.03. The van der Waals surface area contributed by atoms with Crippen LogP contribution in [0.5, 0.6) is 0 Å². The van der Waals surface area contributed by atoms with E-state index in [0.29, 0.717) is 17.6 Å². The van der Waals surface area contributed by atoms with Gasteiger partial charge in [0, 0.05) is 12.6 Å². The molecule has 0 radical (unpaired) electrons. The first kappa shape index (κ1) is 17.8. The van der Waals surface area contributed by atoms with Crippen LogP contribution in [0.25, 0.3) is 11.0 Å². The lowest BCUT2D eigenvalue weighted by atomic mass is 10.4. The molecule has 0 unspecified atom stereocenters. The number of nitrogens with one attached hydrogen (secondary N) is 2. The molecule has 0 fully saturated rings. The number of aromatic amines is 1. The zero-order chi connectivity index (χ0) is 15.5. The van der Waals surface area contributed by atoms with Crippen molar-refractivity contribution in [2.24, 2.45) is 0 Å². The molecule has 6 heteroatoms. The Bertz CT molecular complexity index is 597. The lowest BCUT2D eigenvalue weighted by molar-refractivity contribution is 0.685. The van der Waals surface area contributed by atoms with Crippen molar-refractivity contribution in [1.29, 1.82) is 5.41 Å². The molecule has 2 aromatic rings. The second-order valence-corrected chi connectivity index (χ2v) is 3.51. The maximum absolute atomic E-state index is 11.7. The van der Waals surface area contributed by atoms with Crippen LogP contribution in [0.3, 0.4) is 0 Å². The molecule has 2 N–H and O–H groups in total. The van der Waals surface area contributed by atoms with Crippen molar-refractivity contribution in [1.82, 2.24) is 19.7 Å². The Morgan fingerprint density at radius 1 is 1.50 bits per heavy atom. The summed E-state index contributed by atoms with van der Waals surface area (Å²) in [7, 11) is 0. The number of hydrogen-bond acceptors (Lipinski definition) is 4. The fourth-order valence-electron chi connectivity index (χ4n) is 1.41. The first-order valence-electron chi connectivity index (χ1n) is 6.68. The van der Waals surface area contributed by atoms with Crippen molar-refractivity contribution >= 4 is 17.2 Å². The molecular weight excluding hydrogens is 254 g/mol. The maximum Gasteiger partial charge on any atom is 0.277 e. The van der Waals surface area contributed by atoms with Crippen LogP contribution in [-0.4, -0.2) is 26.0 Å². The number of aryl methyl sites for hydroxylation is 1. The van der Waals surface area contributed by atoms with Gasteiger partial charge in [0.05, 0.1) is 6.54 Å². The third-order valence-corrected chi connectivity index (χ3v) is 2.18. The van der Waals surface area contributed by atoms with Gasteiger partial charge < -0.3 is 5.41 Å². The Morgan fingerprint density at radius 3 is 2.60 bits per heavy atom. The summed E-state index contributed by atoms with van der Waals surface area (Å²) in [5.74, 6) is 0.731. The van der Waals surface area contributed by atoms with Gasteiger partial charge in [-0.15, -0.1) is 6.58 Å². The molecule has 110 valence electrons. The van der Waals surface area contributed by atoms with E-state index in [-0.39, 0.29) is 5.56 Å². The average molecular weight is 277 g/mol. The van der Waals surface area contributed by atoms with Crippen molar-refractivity contribution in [3.8, 4) is 0 Å². The summed E-state index contributed by atoms with van der Waals surface area (Å²) in [5.41, 5.74) is 0.487. The molecule has 0 amide bonds. The van der Waals surface area contributed by atoms with E-state index in [2.05, 4.69) is 21.6 Å². The normalized spacial score (nSPS) is 9.00. The third kappa shape index (κ3) is 4.46. The summed E-state index contributed by atoms with van der Waals surface area (Å²) in [4.78, 5) is 20.0. The van der Waals surface area contributed by atoms with E-state index in [0.717, 1.165) is 12.2 Å². The molecule has 6 nitrogen and oxygen atoms in total. The van der Waals surface area contributed by atoms with Gasteiger partial charge in [-0.2, -0.15) is 0 Å². The third-order valence-electron chi connectivity index (χ3n) is 2.18. The first-order chi connectivity index (χ1) is 9.67. The van der Waals surface area contributed by atoms with Crippen LogP contribution in [0.2, 0.25) is 0 Å². The van der Waals surface area contributed by atoms with Gasteiger partial charge in [-0.1, -0.05) is 26.8 Å². The maximum atomic E-state index is 11.7. The monoisotopic (exact) mass is 277 g/mol. The molecule has 2 aromatic heterocycles. The largest absolute Gasteiger partial charge is 0.313 e. The van der Waals surface area contributed by atoms with E-state index in [1.54, 1.807) is 19.2 Å². The van der Waals surface area contributed by atoms with Crippen LogP contribution in [0.4, 0.5) is 0 Å². The number of fused-ring (bicyclic) bond motifs is 1. The fourth-order valence-corrected chi connectivity index (χ4v) is 1.41. The van der Waals surface area contributed by atoms with E-state index in [9.17, 15) is 4.79 Å². The minimum atomic E-state index is -0.104. The first-order valence-corrected chi connectivity index (χ1v) is 6.68. The lowest BCUT2D eigenvalue weighted by Crippen LogP contribution is -2.15. The second-order valence-electron chi connectivity index (χ2n) is 3.51. The van der Waals surface area contributed by atoms with Crippen molar-refractivity contribution in [2.75, 3.05) is 0 Å². The fraction of sp³-hybridized carbons (Fsp3) is 0.429. The smallest absolute Gasteiger partial charge is 0.277 e. The molecule has 0 aliphatic heterocycles. The van der Waals surface area contributed by atoms with Crippen LogP contribution in [0, 0.1) is 5.41 Å². The predicted octanol–water partition coefficient (Wildman–Crippen LogP) is 2.55. The molecule has 0 atom stereocenters. The van der Waals surface area contributed by atoms with Gasteiger partial charge in [0.15, 0.2) is 5.65 Å². The summed E-state index contributed by atoms with van der Waals surface area (Å²) in [6.45, 7) is 11.7. The molecule has 0 aliphatic carbocycles. The van der Waals surface area contributed by atoms with Gasteiger partial charge in [0.25, 0.3) is 5.56 Å². The highest BCUT2D eigenvalue weighted by atomic mass is 16.1. The molecule has 0 saturated heterocycles. The quantitative estimate of drug-likeness (QED) is 0.667. The Labute approximate surface area is 119 Å². The Hall–Kier alpha value is -2.24. The zero-order valence-corrected chi connectivity index (χ0v) is 12.6. The topological polar surface area (TPSA) is 87.4 Å². The Balaban J connectivity index is 0.000000641. The van der Waals surface area contributed by atoms with Crippen molar-refractivity contribution < 1.29 is 0 Å². The van der Waals surface area contributed by atoms with Gasteiger partial charge >= 0.3 is 0 Å². The van der Waals surface area contributed by atoms with Gasteiger partial charge in [-0.3, -0.25) is 9.89 Å². The number of hydrogen-bond donors (Lipinski definition) is 2. The summed E-state index contributed by atoms with van der Waals surface area (Å²) in [6.07, 6.45) is 5.23. The van der Waals surface area contributed by atoms with Crippen molar-refractivity contribution in [2.45, 2.75) is 40.7 Å². The summed E-state index contributed by atoms with van der Waals surface area (Å²) in [6, 6.07) is 0. The summed E-state index contributed by atoms with van der Waals surface area (Å²) < 4.78 is 1.46. The SMILES string of the molecule is C=CCn1[nH]c2nc(CC)ncc2c1=O.CC.CC=N. The van der Waals surface area contributed by atoms with E-state index in [4.69, 9.17) is 5.41 Å². The average Bonchev–Trinajstić information content (AvgIpc) is 2.78. The molecule has 0 saturated carbocycles. The molecule has 0 bridgehead atoms. The van der Waals surface area contributed by atoms with E-state index in [1.165, 1.54) is 10.9 Å². The Kier molecular flexibility index (Phi) is 8.58. The van der Waals surface area contributed by atoms with Crippen LogP contribution in [0.15, 0.2) is 23.6 Å². The molecule has 0 aromatic carbocycles. The molecule has 2 rings (SSSR count). The van der Waals surface area contributed by atoms with E-state index in [1.807, 2.05) is 20.8 Å². The number of rotatable bonds is 3. The highest BCUT2D eigenvalue weighted by molar-refractivity contribution is 5.72. The number of allylic oxidation sites excluding steroid dienone is 1. The molecule has 0 aliphatic rings. The van der Waals surface area contributed by atoms with Gasteiger partial charge in [0.1, 0.15) is 11.2 Å². The van der Waals surface area contributed by atoms with Crippen LogP contribution in [0.1, 0.15) is 33.5 Å².